The molecule has 0 unspecified atom stereocenters. The molecule has 27 heavy (non-hydrogen) atoms. The molecule has 3 aromatic rings. The van der Waals surface area contributed by atoms with Crippen molar-refractivity contribution in [1.29, 1.82) is 0 Å². The van der Waals surface area contributed by atoms with E-state index in [-0.39, 0.29) is 6.79 Å². The number of thiazole rings is 1. The van der Waals surface area contributed by atoms with Crippen molar-refractivity contribution in [1.82, 2.24) is 4.98 Å². The second kappa shape index (κ2) is 8.51. The lowest BCUT2D eigenvalue weighted by molar-refractivity contribution is 0.0506. The zero-order chi connectivity index (χ0) is 19.4. The van der Waals surface area contributed by atoms with Crippen molar-refractivity contribution in [3.05, 3.63) is 51.4 Å². The number of hydrogen-bond acceptors (Lipinski definition) is 5. The molecule has 0 atom stereocenters. The van der Waals surface area contributed by atoms with Gasteiger partial charge in [0, 0.05) is 19.8 Å². The SMILES string of the molecule is COCOc1ccc(C=Cc2nc3ccc(N(C)C(=O)O)cc3s2)cc1Br. The van der Waals surface area contributed by atoms with Gasteiger partial charge in [-0.3, -0.25) is 4.90 Å². The molecule has 6 nitrogen and oxygen atoms in total. The number of benzene rings is 2. The van der Waals surface area contributed by atoms with Crippen LogP contribution >= 0.6 is 27.3 Å². The average molecular weight is 449 g/mol. The van der Waals surface area contributed by atoms with Crippen molar-refractivity contribution in [3.8, 4) is 5.75 Å². The molecule has 0 aliphatic carbocycles. The van der Waals surface area contributed by atoms with Crippen LogP contribution in [0.5, 0.6) is 5.75 Å². The molecule has 0 bridgehead atoms. The molecule has 0 fully saturated rings. The van der Waals surface area contributed by atoms with E-state index in [9.17, 15) is 4.79 Å². The van der Waals surface area contributed by atoms with Crippen molar-refractivity contribution in [2.24, 2.45) is 0 Å². The number of nitrogens with zero attached hydrogens (tertiary/aromatic N) is 2. The van der Waals surface area contributed by atoms with Crippen molar-refractivity contribution < 1.29 is 19.4 Å². The van der Waals surface area contributed by atoms with Gasteiger partial charge in [0.05, 0.1) is 14.7 Å². The maximum atomic E-state index is 11.1. The first-order valence-electron chi connectivity index (χ1n) is 7.94. The van der Waals surface area contributed by atoms with Gasteiger partial charge in [0.2, 0.25) is 0 Å². The third kappa shape index (κ3) is 4.65. The van der Waals surface area contributed by atoms with Crippen molar-refractivity contribution in [2.45, 2.75) is 0 Å². The second-order valence-electron chi connectivity index (χ2n) is 5.62. The van der Waals surface area contributed by atoms with Crippen LogP contribution in [0.3, 0.4) is 0 Å². The second-order valence-corrected chi connectivity index (χ2v) is 7.54. The minimum atomic E-state index is -0.998. The summed E-state index contributed by atoms with van der Waals surface area (Å²) in [6.45, 7) is 0.193. The molecule has 1 aromatic heterocycles. The van der Waals surface area contributed by atoms with E-state index in [2.05, 4.69) is 20.9 Å². The number of carboxylic acid groups (broad SMARTS) is 1. The summed E-state index contributed by atoms with van der Waals surface area (Å²) in [5.74, 6) is 0.712. The first-order chi connectivity index (χ1) is 13.0. The highest BCUT2D eigenvalue weighted by molar-refractivity contribution is 9.10. The fourth-order valence-corrected chi connectivity index (χ4v) is 3.76. The summed E-state index contributed by atoms with van der Waals surface area (Å²) in [5, 5.41) is 9.94. The zero-order valence-corrected chi connectivity index (χ0v) is 17.1. The highest BCUT2D eigenvalue weighted by atomic mass is 79.9. The summed E-state index contributed by atoms with van der Waals surface area (Å²) in [6, 6.07) is 11.2. The molecule has 0 aliphatic heterocycles. The summed E-state index contributed by atoms with van der Waals surface area (Å²) in [7, 11) is 3.09. The van der Waals surface area contributed by atoms with Crippen molar-refractivity contribution in [2.75, 3.05) is 25.9 Å². The highest BCUT2D eigenvalue weighted by Gasteiger charge is 2.10. The highest BCUT2D eigenvalue weighted by Crippen LogP contribution is 2.29. The van der Waals surface area contributed by atoms with Gasteiger partial charge in [0.1, 0.15) is 10.8 Å². The van der Waals surface area contributed by atoms with Crippen LogP contribution in [0.15, 0.2) is 40.9 Å². The minimum absolute atomic E-state index is 0.193. The number of ether oxygens (including phenoxy) is 2. The van der Waals surface area contributed by atoms with Gasteiger partial charge in [0.25, 0.3) is 0 Å². The van der Waals surface area contributed by atoms with Gasteiger partial charge in [-0.15, -0.1) is 11.3 Å². The van der Waals surface area contributed by atoms with E-state index >= 15 is 0 Å². The molecule has 1 amide bonds. The van der Waals surface area contributed by atoms with Crippen LogP contribution in [0.2, 0.25) is 0 Å². The normalized spacial score (nSPS) is 11.2. The van der Waals surface area contributed by atoms with Crippen LogP contribution in [-0.4, -0.2) is 37.1 Å². The van der Waals surface area contributed by atoms with E-state index in [0.717, 1.165) is 25.3 Å². The first kappa shape index (κ1) is 19.3. The quantitative estimate of drug-likeness (QED) is 0.516. The molecule has 0 radical (unpaired) electrons. The maximum absolute atomic E-state index is 11.1. The number of carbonyl (C=O) groups is 1. The van der Waals surface area contributed by atoms with Crippen LogP contribution < -0.4 is 9.64 Å². The lowest BCUT2D eigenvalue weighted by Gasteiger charge is -2.12. The maximum Gasteiger partial charge on any atom is 0.411 e. The Morgan fingerprint density at radius 1 is 1.30 bits per heavy atom. The fraction of sp³-hybridized carbons (Fsp3) is 0.158. The Morgan fingerprint density at radius 2 is 2.11 bits per heavy atom. The molecular weight excluding hydrogens is 432 g/mol. The van der Waals surface area contributed by atoms with Gasteiger partial charge in [-0.05, 0) is 57.9 Å². The Kier molecular flexibility index (Phi) is 6.10. The van der Waals surface area contributed by atoms with Crippen LogP contribution in [-0.2, 0) is 4.74 Å². The summed E-state index contributed by atoms with van der Waals surface area (Å²) < 4.78 is 12.1. The van der Waals surface area contributed by atoms with Gasteiger partial charge in [-0.2, -0.15) is 0 Å². The Hall–Kier alpha value is -2.42. The van der Waals surface area contributed by atoms with E-state index in [1.807, 2.05) is 42.5 Å². The van der Waals surface area contributed by atoms with Crippen molar-refractivity contribution in [3.63, 3.8) is 0 Å². The molecule has 0 spiro atoms. The standard InChI is InChI=1S/C19H17BrN2O4S/c1-22(19(23)24)13-5-6-15-17(10-13)27-18(21-15)8-4-12-3-7-16(14(20)9-12)26-11-25-2/h3-10H,11H2,1-2H3,(H,23,24). The molecular formula is C19H17BrN2O4S. The predicted octanol–water partition coefficient (Wildman–Crippen LogP) is 5.33. The average Bonchev–Trinajstić information content (AvgIpc) is 3.07. The summed E-state index contributed by atoms with van der Waals surface area (Å²) >= 11 is 4.99. The van der Waals surface area contributed by atoms with E-state index < -0.39 is 6.09 Å². The number of amides is 1. The Balaban J connectivity index is 1.80. The van der Waals surface area contributed by atoms with Crippen molar-refractivity contribution >= 4 is 61.4 Å². The number of rotatable bonds is 6. The molecule has 1 heterocycles. The molecule has 140 valence electrons. The molecule has 3 rings (SSSR count). The summed E-state index contributed by atoms with van der Waals surface area (Å²) in [5.41, 5.74) is 2.45. The Morgan fingerprint density at radius 3 is 2.81 bits per heavy atom. The number of aromatic nitrogens is 1. The van der Waals surface area contributed by atoms with Gasteiger partial charge >= 0.3 is 6.09 Å². The van der Waals surface area contributed by atoms with Gasteiger partial charge in [0.15, 0.2) is 6.79 Å². The van der Waals surface area contributed by atoms with Gasteiger partial charge in [-0.25, -0.2) is 9.78 Å². The third-order valence-electron chi connectivity index (χ3n) is 3.77. The smallest absolute Gasteiger partial charge is 0.411 e. The first-order valence-corrected chi connectivity index (χ1v) is 9.55. The number of fused-ring (bicyclic) bond motifs is 1. The molecule has 0 saturated carbocycles. The number of methoxy groups -OCH3 is 1. The number of anilines is 1. The monoisotopic (exact) mass is 448 g/mol. The molecule has 0 aliphatic rings. The zero-order valence-electron chi connectivity index (χ0n) is 14.7. The summed E-state index contributed by atoms with van der Waals surface area (Å²) in [6.07, 6.45) is 2.90. The Bertz CT molecular complexity index is 1000. The minimum Gasteiger partial charge on any atom is -0.466 e. The summed E-state index contributed by atoms with van der Waals surface area (Å²) in [4.78, 5) is 16.8. The molecule has 0 saturated heterocycles. The van der Waals surface area contributed by atoms with Crippen LogP contribution in [0.25, 0.3) is 22.4 Å². The van der Waals surface area contributed by atoms with Gasteiger partial charge < -0.3 is 14.6 Å². The predicted molar refractivity (Wildman–Crippen MR) is 112 cm³/mol. The van der Waals surface area contributed by atoms with Crippen LogP contribution in [0.4, 0.5) is 10.5 Å². The Labute approximate surface area is 168 Å². The van der Waals surface area contributed by atoms with E-state index in [1.54, 1.807) is 13.2 Å². The molecule has 1 N–H and O–H groups in total. The molecule has 8 heteroatoms. The van der Waals surface area contributed by atoms with Gasteiger partial charge in [-0.1, -0.05) is 12.1 Å². The van der Waals surface area contributed by atoms with Crippen LogP contribution in [0, 0.1) is 0 Å². The third-order valence-corrected chi connectivity index (χ3v) is 5.37. The lowest BCUT2D eigenvalue weighted by Crippen LogP contribution is -2.23. The number of halogens is 1. The molecule has 2 aromatic carbocycles. The lowest BCUT2D eigenvalue weighted by atomic mass is 10.2. The fourth-order valence-electron chi connectivity index (χ4n) is 2.35. The van der Waals surface area contributed by atoms with E-state index in [4.69, 9.17) is 14.6 Å². The number of hydrogen-bond donors (Lipinski definition) is 1. The largest absolute Gasteiger partial charge is 0.466 e. The van der Waals surface area contributed by atoms with E-state index in [1.165, 1.54) is 23.3 Å². The topological polar surface area (TPSA) is 71.9 Å². The van der Waals surface area contributed by atoms with Crippen LogP contribution in [0.1, 0.15) is 10.6 Å². The van der Waals surface area contributed by atoms with E-state index in [0.29, 0.717) is 11.4 Å².